The van der Waals surface area contributed by atoms with Gasteiger partial charge in [0.2, 0.25) is 0 Å². The van der Waals surface area contributed by atoms with Gasteiger partial charge in [0, 0.05) is 60.4 Å². The van der Waals surface area contributed by atoms with Crippen molar-refractivity contribution in [3.8, 4) is 0 Å². The lowest BCUT2D eigenvalue weighted by atomic mass is 9.69. The van der Waals surface area contributed by atoms with Crippen molar-refractivity contribution in [1.29, 1.82) is 0 Å². The molecule has 0 amide bonds. The second kappa shape index (κ2) is 8.13. The van der Waals surface area contributed by atoms with E-state index in [9.17, 15) is 4.79 Å². The lowest BCUT2D eigenvalue weighted by molar-refractivity contribution is -0.131. The number of piperidine rings is 1. The summed E-state index contributed by atoms with van der Waals surface area (Å²) in [6.45, 7) is 1.14. The summed E-state index contributed by atoms with van der Waals surface area (Å²) in [5, 5.41) is 1.99. The highest BCUT2D eigenvalue weighted by Crippen LogP contribution is 2.51. The minimum atomic E-state index is -0.488. The van der Waals surface area contributed by atoms with Crippen LogP contribution in [-0.4, -0.2) is 53.8 Å². The van der Waals surface area contributed by atoms with E-state index in [0.717, 1.165) is 34.5 Å². The smallest absolute Gasteiger partial charge is 0.339 e. The number of hydrogen-bond acceptors (Lipinski definition) is 5. The fourth-order valence-electron chi connectivity index (χ4n) is 5.65. The number of likely N-dealkylation sites (N-methyl/N-ethyl adjacent to an activating group) is 1. The quantitative estimate of drug-likeness (QED) is 0.474. The van der Waals surface area contributed by atoms with Crippen LogP contribution >= 0.6 is 27.5 Å². The van der Waals surface area contributed by atoms with Crippen molar-refractivity contribution in [2.75, 3.05) is 27.3 Å². The number of aromatic nitrogens is 2. The summed E-state index contributed by atoms with van der Waals surface area (Å²) in [5.74, 6) is -0.228. The van der Waals surface area contributed by atoms with Gasteiger partial charge >= 0.3 is 5.97 Å². The van der Waals surface area contributed by atoms with E-state index in [-0.39, 0.29) is 17.9 Å². The Morgan fingerprint density at radius 1 is 1.34 bits per heavy atom. The van der Waals surface area contributed by atoms with Crippen LogP contribution in [0.3, 0.4) is 0 Å². The SMILES string of the molecule is CO[C@]12CC(COC(=O)c3cncc(Br)c3)CN(C)[C@@H]1Cc1c(Cl)n(C)c3cccc2c13. The Kier molecular flexibility index (Phi) is 5.56. The van der Waals surface area contributed by atoms with Crippen molar-refractivity contribution in [2.45, 2.75) is 24.5 Å². The first-order chi connectivity index (χ1) is 15.4. The number of benzene rings is 1. The summed E-state index contributed by atoms with van der Waals surface area (Å²) < 4.78 is 14.8. The van der Waals surface area contributed by atoms with E-state index in [0.29, 0.717) is 12.2 Å². The molecule has 1 aliphatic heterocycles. The third-order valence-corrected chi connectivity index (χ3v) is 7.98. The van der Waals surface area contributed by atoms with Crippen LogP contribution < -0.4 is 0 Å². The molecule has 1 aliphatic carbocycles. The van der Waals surface area contributed by atoms with Crippen LogP contribution in [0.4, 0.5) is 0 Å². The average Bonchev–Trinajstić information content (AvgIpc) is 3.04. The Hall–Kier alpha value is -1.93. The predicted molar refractivity (Wildman–Crippen MR) is 127 cm³/mol. The molecule has 2 aromatic heterocycles. The van der Waals surface area contributed by atoms with Gasteiger partial charge < -0.3 is 14.0 Å². The number of rotatable bonds is 4. The van der Waals surface area contributed by atoms with Gasteiger partial charge in [-0.2, -0.15) is 0 Å². The number of nitrogens with zero attached hydrogens (tertiary/aromatic N) is 3. The molecule has 3 aromatic rings. The molecule has 0 saturated carbocycles. The van der Waals surface area contributed by atoms with Gasteiger partial charge in [0.05, 0.1) is 12.2 Å². The molecule has 5 rings (SSSR count). The Morgan fingerprint density at radius 2 is 2.16 bits per heavy atom. The number of esters is 1. The molecule has 0 spiro atoms. The van der Waals surface area contributed by atoms with Crippen LogP contribution in [-0.2, 0) is 28.5 Å². The molecule has 0 radical (unpaired) electrons. The summed E-state index contributed by atoms with van der Waals surface area (Å²) in [6, 6.07) is 8.22. The summed E-state index contributed by atoms with van der Waals surface area (Å²) in [4.78, 5) is 18.9. The molecular formula is C24H25BrClN3O3. The fraction of sp³-hybridized carbons (Fsp3) is 0.417. The number of methoxy groups -OCH3 is 1. The molecular weight excluding hydrogens is 494 g/mol. The van der Waals surface area contributed by atoms with Crippen LogP contribution in [0.5, 0.6) is 0 Å². The molecule has 1 aromatic carbocycles. The van der Waals surface area contributed by atoms with Crippen LogP contribution in [0.2, 0.25) is 5.15 Å². The van der Waals surface area contributed by atoms with Gasteiger partial charge in [-0.25, -0.2) is 4.79 Å². The minimum absolute atomic E-state index is 0.135. The molecule has 1 unspecified atom stereocenters. The zero-order chi connectivity index (χ0) is 22.6. The molecule has 6 nitrogen and oxygen atoms in total. The van der Waals surface area contributed by atoms with Crippen LogP contribution in [0.25, 0.3) is 10.9 Å². The molecule has 3 heterocycles. The van der Waals surface area contributed by atoms with Gasteiger partial charge in [-0.3, -0.25) is 9.88 Å². The van der Waals surface area contributed by atoms with Gasteiger partial charge in [0.25, 0.3) is 0 Å². The monoisotopic (exact) mass is 517 g/mol. The number of halogens is 2. The van der Waals surface area contributed by atoms with Crippen molar-refractivity contribution in [1.82, 2.24) is 14.5 Å². The first-order valence-electron chi connectivity index (χ1n) is 10.6. The molecule has 3 atom stereocenters. The van der Waals surface area contributed by atoms with E-state index in [1.54, 1.807) is 19.4 Å². The Balaban J connectivity index is 1.46. The van der Waals surface area contributed by atoms with Crippen LogP contribution in [0, 0.1) is 5.92 Å². The number of hydrogen-bond donors (Lipinski definition) is 0. The number of likely N-dealkylation sites (tertiary alicyclic amines) is 1. The Bertz CT molecular complexity index is 1210. The number of carbonyl (C=O) groups is 1. The van der Waals surface area contributed by atoms with E-state index < -0.39 is 5.60 Å². The van der Waals surface area contributed by atoms with E-state index in [1.165, 1.54) is 22.7 Å². The zero-order valence-corrected chi connectivity index (χ0v) is 20.6. The van der Waals surface area contributed by atoms with Gasteiger partial charge in [0.15, 0.2) is 0 Å². The number of aryl methyl sites for hydroxylation is 1. The van der Waals surface area contributed by atoms with Gasteiger partial charge in [-0.1, -0.05) is 23.7 Å². The molecule has 32 heavy (non-hydrogen) atoms. The predicted octanol–water partition coefficient (Wildman–Crippen LogP) is 4.56. The van der Waals surface area contributed by atoms with Crippen molar-refractivity contribution >= 4 is 44.4 Å². The fourth-order valence-corrected chi connectivity index (χ4v) is 6.28. The molecule has 0 bridgehead atoms. The highest BCUT2D eigenvalue weighted by molar-refractivity contribution is 9.10. The van der Waals surface area contributed by atoms with Gasteiger partial charge in [-0.15, -0.1) is 0 Å². The lowest BCUT2D eigenvalue weighted by Gasteiger charge is -2.53. The van der Waals surface area contributed by atoms with E-state index >= 15 is 0 Å². The third-order valence-electron chi connectivity index (χ3n) is 7.07. The maximum Gasteiger partial charge on any atom is 0.339 e. The molecule has 8 heteroatoms. The summed E-state index contributed by atoms with van der Waals surface area (Å²) in [5.41, 5.74) is 3.43. The van der Waals surface area contributed by atoms with E-state index in [2.05, 4.69) is 55.6 Å². The van der Waals surface area contributed by atoms with E-state index in [1.807, 2.05) is 7.05 Å². The molecule has 168 valence electrons. The Labute approximate surface area is 200 Å². The van der Waals surface area contributed by atoms with Gasteiger partial charge in [0.1, 0.15) is 10.8 Å². The highest BCUT2D eigenvalue weighted by Gasteiger charge is 2.52. The first-order valence-corrected chi connectivity index (χ1v) is 11.8. The van der Waals surface area contributed by atoms with Crippen molar-refractivity contribution < 1.29 is 14.3 Å². The summed E-state index contributed by atoms with van der Waals surface area (Å²) in [6.07, 6.45) is 4.76. The second-order valence-electron chi connectivity index (χ2n) is 8.84. The van der Waals surface area contributed by atoms with Crippen LogP contribution in [0.15, 0.2) is 41.1 Å². The number of ether oxygens (including phenoxy) is 2. The minimum Gasteiger partial charge on any atom is -0.462 e. The van der Waals surface area contributed by atoms with E-state index in [4.69, 9.17) is 21.1 Å². The lowest BCUT2D eigenvalue weighted by Crippen LogP contribution is -2.60. The molecule has 0 N–H and O–H groups in total. The van der Waals surface area contributed by atoms with Crippen molar-refractivity contribution in [2.24, 2.45) is 13.0 Å². The summed E-state index contributed by atoms with van der Waals surface area (Å²) in [7, 11) is 5.92. The highest BCUT2D eigenvalue weighted by atomic mass is 79.9. The normalized spacial score (nSPS) is 25.0. The zero-order valence-electron chi connectivity index (χ0n) is 18.3. The van der Waals surface area contributed by atoms with Gasteiger partial charge in [-0.05, 0) is 59.1 Å². The molecule has 1 fully saturated rings. The van der Waals surface area contributed by atoms with Crippen molar-refractivity contribution in [3.63, 3.8) is 0 Å². The molecule has 2 aliphatic rings. The average molecular weight is 519 g/mol. The number of fused-ring (bicyclic) bond motifs is 2. The Morgan fingerprint density at radius 3 is 2.91 bits per heavy atom. The maximum atomic E-state index is 12.6. The number of carbonyl (C=O) groups excluding carboxylic acids is 1. The third kappa shape index (κ3) is 3.29. The topological polar surface area (TPSA) is 56.6 Å². The maximum absolute atomic E-state index is 12.6. The molecule has 1 saturated heterocycles. The second-order valence-corrected chi connectivity index (χ2v) is 10.1. The van der Waals surface area contributed by atoms with Crippen molar-refractivity contribution in [3.05, 3.63) is 63.0 Å². The summed E-state index contributed by atoms with van der Waals surface area (Å²) >= 11 is 10.1. The number of pyridine rings is 1. The largest absolute Gasteiger partial charge is 0.462 e. The van der Waals surface area contributed by atoms with Crippen LogP contribution in [0.1, 0.15) is 27.9 Å². The first kappa shape index (κ1) is 21.9. The standard InChI is InChI=1S/C24H25BrClN3O3/c1-28-12-14(13-32-23(30)15-7-16(25)11-27-10-15)9-24(31-3)18-5-4-6-19-21(18)17(8-20(24)28)22(26)29(19)2/h4-7,10-11,14,20H,8-9,12-13H2,1-3H3/t14?,20-,24+/m1/s1.